The normalized spacial score (nSPS) is 20.6. The van der Waals surface area contributed by atoms with E-state index in [9.17, 15) is 0 Å². The molecule has 0 bridgehead atoms. The van der Waals surface area contributed by atoms with Crippen LogP contribution in [0.3, 0.4) is 0 Å². The molecule has 2 aromatic heterocycles. The van der Waals surface area contributed by atoms with Crippen molar-refractivity contribution in [2.75, 3.05) is 31.1 Å². The molecule has 0 amide bonds. The van der Waals surface area contributed by atoms with Crippen molar-refractivity contribution in [2.24, 2.45) is 0 Å². The Morgan fingerprint density at radius 2 is 2.06 bits per heavy atom. The molecule has 18 heavy (non-hydrogen) atoms. The van der Waals surface area contributed by atoms with E-state index in [-0.39, 0.29) is 0 Å². The number of aromatic nitrogens is 4. The molecule has 0 unspecified atom stereocenters. The molecule has 0 atom stereocenters. The summed E-state index contributed by atoms with van der Waals surface area (Å²) in [5, 5.41) is 7.67. The Morgan fingerprint density at radius 1 is 1.22 bits per heavy atom. The highest BCUT2D eigenvalue weighted by Gasteiger charge is 2.27. The van der Waals surface area contributed by atoms with Crippen LogP contribution in [-0.4, -0.2) is 45.8 Å². The zero-order valence-electron chi connectivity index (χ0n) is 10.2. The SMILES string of the molecule is c1nc2nc(C3CC3)cc(N3CCNCC3)n2n1. The number of anilines is 1. The van der Waals surface area contributed by atoms with Gasteiger partial charge in [0.05, 0.1) is 5.69 Å². The molecule has 1 aliphatic carbocycles. The average Bonchev–Trinajstić information content (AvgIpc) is 3.17. The summed E-state index contributed by atoms with van der Waals surface area (Å²) in [6.07, 6.45) is 4.11. The first kappa shape index (κ1) is 10.3. The van der Waals surface area contributed by atoms with Crippen LogP contribution in [0.5, 0.6) is 0 Å². The van der Waals surface area contributed by atoms with Crippen LogP contribution in [0.2, 0.25) is 0 Å². The zero-order chi connectivity index (χ0) is 11.9. The minimum atomic E-state index is 0.647. The third-order valence-corrected chi connectivity index (χ3v) is 3.69. The number of nitrogens with one attached hydrogen (secondary N) is 1. The molecule has 1 aliphatic heterocycles. The monoisotopic (exact) mass is 244 g/mol. The van der Waals surface area contributed by atoms with Crippen LogP contribution in [0.4, 0.5) is 5.82 Å². The van der Waals surface area contributed by atoms with Crippen molar-refractivity contribution in [1.29, 1.82) is 0 Å². The average molecular weight is 244 g/mol. The lowest BCUT2D eigenvalue weighted by molar-refractivity contribution is 0.579. The summed E-state index contributed by atoms with van der Waals surface area (Å²) >= 11 is 0. The quantitative estimate of drug-likeness (QED) is 0.829. The van der Waals surface area contributed by atoms with Gasteiger partial charge in [-0.2, -0.15) is 14.6 Å². The molecule has 2 aliphatic rings. The first-order valence-corrected chi connectivity index (χ1v) is 6.58. The lowest BCUT2D eigenvalue weighted by Crippen LogP contribution is -2.44. The van der Waals surface area contributed by atoms with Gasteiger partial charge in [-0.1, -0.05) is 0 Å². The number of rotatable bonds is 2. The molecule has 1 saturated carbocycles. The molecule has 1 saturated heterocycles. The Hall–Kier alpha value is -1.69. The van der Waals surface area contributed by atoms with E-state index in [1.807, 2.05) is 4.52 Å². The summed E-state index contributed by atoms with van der Waals surface area (Å²) in [4.78, 5) is 11.2. The van der Waals surface area contributed by atoms with E-state index in [4.69, 9.17) is 0 Å². The fraction of sp³-hybridized carbons (Fsp3) is 0.583. The highest BCUT2D eigenvalue weighted by Crippen LogP contribution is 2.40. The van der Waals surface area contributed by atoms with Gasteiger partial charge in [0.25, 0.3) is 5.78 Å². The Labute approximate surface area is 105 Å². The van der Waals surface area contributed by atoms with Crippen molar-refractivity contribution in [3.63, 3.8) is 0 Å². The molecule has 2 aromatic rings. The molecule has 6 nitrogen and oxygen atoms in total. The van der Waals surface area contributed by atoms with Gasteiger partial charge < -0.3 is 10.2 Å². The second kappa shape index (κ2) is 3.91. The van der Waals surface area contributed by atoms with Gasteiger partial charge in [0, 0.05) is 38.2 Å². The van der Waals surface area contributed by atoms with Gasteiger partial charge in [-0.3, -0.25) is 0 Å². The van der Waals surface area contributed by atoms with Crippen LogP contribution in [0.25, 0.3) is 5.78 Å². The van der Waals surface area contributed by atoms with Crippen molar-refractivity contribution >= 4 is 11.6 Å². The standard InChI is InChI=1S/C12H16N6/c1-2-9(1)10-7-11(17-5-3-13-4-6-17)18-12(16-10)14-8-15-18/h7-9,13H,1-6H2. The van der Waals surface area contributed by atoms with Crippen LogP contribution in [0.1, 0.15) is 24.5 Å². The predicted molar refractivity (Wildman–Crippen MR) is 67.8 cm³/mol. The van der Waals surface area contributed by atoms with Crippen LogP contribution in [0, 0.1) is 0 Å². The summed E-state index contributed by atoms with van der Waals surface area (Å²) < 4.78 is 1.86. The van der Waals surface area contributed by atoms with Gasteiger partial charge in [0.1, 0.15) is 12.1 Å². The molecular formula is C12H16N6. The van der Waals surface area contributed by atoms with Crippen LogP contribution in [0.15, 0.2) is 12.4 Å². The summed E-state index contributed by atoms with van der Waals surface area (Å²) in [6.45, 7) is 4.08. The van der Waals surface area contributed by atoms with E-state index in [0.717, 1.165) is 37.8 Å². The van der Waals surface area contributed by atoms with Gasteiger partial charge in [-0.15, -0.1) is 0 Å². The van der Waals surface area contributed by atoms with Crippen molar-refractivity contribution < 1.29 is 0 Å². The third kappa shape index (κ3) is 1.64. The second-order valence-corrected chi connectivity index (χ2v) is 5.02. The van der Waals surface area contributed by atoms with Gasteiger partial charge >= 0.3 is 0 Å². The summed E-state index contributed by atoms with van der Waals surface area (Å²) in [7, 11) is 0. The van der Waals surface area contributed by atoms with Crippen molar-refractivity contribution in [2.45, 2.75) is 18.8 Å². The fourth-order valence-corrected chi connectivity index (χ4v) is 2.52. The van der Waals surface area contributed by atoms with E-state index < -0.39 is 0 Å². The Balaban J connectivity index is 1.82. The van der Waals surface area contributed by atoms with Gasteiger partial charge in [-0.25, -0.2) is 4.98 Å². The van der Waals surface area contributed by atoms with E-state index >= 15 is 0 Å². The Morgan fingerprint density at radius 3 is 2.83 bits per heavy atom. The molecule has 4 rings (SSSR count). The van der Waals surface area contributed by atoms with Crippen LogP contribution >= 0.6 is 0 Å². The van der Waals surface area contributed by atoms with E-state index in [0.29, 0.717) is 5.92 Å². The minimum Gasteiger partial charge on any atom is -0.354 e. The number of hydrogen-bond donors (Lipinski definition) is 1. The fourth-order valence-electron chi connectivity index (χ4n) is 2.52. The Bertz CT molecular complexity index is 567. The lowest BCUT2D eigenvalue weighted by Gasteiger charge is -2.29. The van der Waals surface area contributed by atoms with E-state index in [2.05, 4.69) is 31.3 Å². The molecule has 0 spiro atoms. The third-order valence-electron chi connectivity index (χ3n) is 3.69. The molecule has 94 valence electrons. The van der Waals surface area contributed by atoms with E-state index in [1.54, 1.807) is 6.33 Å². The maximum Gasteiger partial charge on any atom is 0.254 e. The van der Waals surface area contributed by atoms with Gasteiger partial charge in [-0.05, 0) is 12.8 Å². The summed E-state index contributed by atoms with van der Waals surface area (Å²) in [5.41, 5.74) is 1.18. The number of hydrogen-bond acceptors (Lipinski definition) is 5. The summed E-state index contributed by atoms with van der Waals surface area (Å²) in [5.74, 6) is 2.52. The highest BCUT2D eigenvalue weighted by atomic mass is 15.4. The van der Waals surface area contributed by atoms with Gasteiger partial charge in [0.15, 0.2) is 0 Å². The largest absolute Gasteiger partial charge is 0.354 e. The second-order valence-electron chi connectivity index (χ2n) is 5.02. The molecule has 2 fully saturated rings. The smallest absolute Gasteiger partial charge is 0.254 e. The maximum atomic E-state index is 4.60. The van der Waals surface area contributed by atoms with Gasteiger partial charge in [0.2, 0.25) is 0 Å². The minimum absolute atomic E-state index is 0.647. The first-order chi connectivity index (χ1) is 8.92. The molecule has 6 heteroatoms. The Kier molecular flexibility index (Phi) is 2.23. The number of nitrogens with zero attached hydrogens (tertiary/aromatic N) is 5. The number of piperazine rings is 1. The van der Waals surface area contributed by atoms with Crippen LogP contribution in [-0.2, 0) is 0 Å². The highest BCUT2D eigenvalue weighted by molar-refractivity contribution is 5.49. The summed E-state index contributed by atoms with van der Waals surface area (Å²) in [6, 6.07) is 2.20. The van der Waals surface area contributed by atoms with E-state index in [1.165, 1.54) is 18.5 Å². The van der Waals surface area contributed by atoms with Crippen molar-refractivity contribution in [3.8, 4) is 0 Å². The van der Waals surface area contributed by atoms with Crippen LogP contribution < -0.4 is 10.2 Å². The first-order valence-electron chi connectivity index (χ1n) is 6.58. The molecule has 1 N–H and O–H groups in total. The molecular weight excluding hydrogens is 228 g/mol. The zero-order valence-corrected chi connectivity index (χ0v) is 10.2. The molecule has 0 aromatic carbocycles. The maximum absolute atomic E-state index is 4.60. The topological polar surface area (TPSA) is 58.4 Å². The number of fused-ring (bicyclic) bond motifs is 1. The lowest BCUT2D eigenvalue weighted by atomic mass is 10.2. The molecule has 0 radical (unpaired) electrons. The molecule has 3 heterocycles. The predicted octanol–water partition coefficient (Wildman–Crippen LogP) is 0.411. The van der Waals surface area contributed by atoms with Crippen molar-refractivity contribution in [1.82, 2.24) is 24.9 Å². The van der Waals surface area contributed by atoms with Crippen molar-refractivity contribution in [3.05, 3.63) is 18.1 Å².